The first-order valence-corrected chi connectivity index (χ1v) is 10.1. The Hall–Kier alpha value is -2.52. The van der Waals surface area contributed by atoms with Crippen LogP contribution >= 0.6 is 23.1 Å². The molecular weight excluding hydrogens is 402 g/mol. The third kappa shape index (κ3) is 5.49. The highest BCUT2D eigenvalue weighted by Gasteiger charge is 2.21. The summed E-state index contributed by atoms with van der Waals surface area (Å²) in [7, 11) is 1.69. The number of carbonyl (C=O) groups excluding carboxylic acids is 1. The molecule has 1 heterocycles. The number of benzene rings is 2. The third-order valence-corrected chi connectivity index (χ3v) is 5.82. The molecule has 0 saturated heterocycles. The Bertz CT molecular complexity index is 949. The Morgan fingerprint density at radius 3 is 2.64 bits per heavy atom. The summed E-state index contributed by atoms with van der Waals surface area (Å²) >= 11 is 2.62. The smallest absolute Gasteiger partial charge is 0.235 e. The van der Waals surface area contributed by atoms with Gasteiger partial charge < -0.3 is 10.2 Å². The van der Waals surface area contributed by atoms with Crippen LogP contribution < -0.4 is 5.32 Å². The zero-order chi connectivity index (χ0) is 20.1. The van der Waals surface area contributed by atoms with Gasteiger partial charge in [-0.1, -0.05) is 35.2 Å². The van der Waals surface area contributed by atoms with E-state index in [1.165, 1.54) is 47.4 Å². The lowest BCUT2D eigenvalue weighted by atomic mass is 10.2. The van der Waals surface area contributed by atoms with Crippen molar-refractivity contribution in [3.05, 3.63) is 65.7 Å². The van der Waals surface area contributed by atoms with Crippen molar-refractivity contribution >= 4 is 39.8 Å². The molecule has 0 saturated carbocycles. The minimum Gasteiger partial charge on any atom is -0.340 e. The van der Waals surface area contributed by atoms with Gasteiger partial charge in [0.05, 0.1) is 5.25 Å². The van der Waals surface area contributed by atoms with Crippen LogP contribution in [0, 0.1) is 11.6 Å². The fourth-order valence-corrected chi connectivity index (χ4v) is 4.49. The minimum absolute atomic E-state index is 0.0856. The van der Waals surface area contributed by atoms with Gasteiger partial charge in [-0.25, -0.2) is 8.78 Å². The van der Waals surface area contributed by atoms with Crippen LogP contribution in [0.5, 0.6) is 0 Å². The van der Waals surface area contributed by atoms with Gasteiger partial charge in [-0.05, 0) is 48.9 Å². The quantitative estimate of drug-likeness (QED) is 0.562. The van der Waals surface area contributed by atoms with Crippen molar-refractivity contribution in [2.45, 2.75) is 23.1 Å². The molecule has 3 rings (SSSR count). The number of anilines is 2. The molecule has 0 spiro atoms. The van der Waals surface area contributed by atoms with E-state index in [-0.39, 0.29) is 22.8 Å². The molecule has 0 bridgehead atoms. The molecule has 0 aliphatic carbocycles. The number of nitrogens with zero attached hydrogens (tertiary/aromatic N) is 3. The lowest BCUT2D eigenvalue weighted by Crippen LogP contribution is -2.32. The molecule has 3 aromatic rings. The fourth-order valence-electron chi connectivity index (χ4n) is 2.46. The van der Waals surface area contributed by atoms with Crippen molar-refractivity contribution in [3.63, 3.8) is 0 Å². The maximum Gasteiger partial charge on any atom is 0.235 e. The van der Waals surface area contributed by atoms with E-state index in [1.807, 2.05) is 0 Å². The van der Waals surface area contributed by atoms with E-state index in [0.29, 0.717) is 21.7 Å². The molecule has 0 aliphatic rings. The lowest BCUT2D eigenvalue weighted by Gasteiger charge is -2.20. The first-order valence-electron chi connectivity index (χ1n) is 8.43. The Morgan fingerprint density at radius 2 is 1.93 bits per heavy atom. The second-order valence-electron chi connectivity index (χ2n) is 6.09. The molecule has 0 fully saturated rings. The standard InChI is InChI=1S/C19H18F2N4OS2/c1-12(17(26)25(2)11-13-4-3-5-15(21)10-13)27-19-24-23-18(28-19)22-16-8-6-14(20)7-9-16/h3-10,12H,11H2,1-2H3,(H,22,23). The molecule has 9 heteroatoms. The van der Waals surface area contributed by atoms with Crippen LogP contribution in [-0.2, 0) is 11.3 Å². The molecule has 28 heavy (non-hydrogen) atoms. The molecular formula is C19H18F2N4OS2. The van der Waals surface area contributed by atoms with E-state index < -0.39 is 0 Å². The van der Waals surface area contributed by atoms with Crippen LogP contribution in [0.15, 0.2) is 52.9 Å². The Kier molecular flexibility index (Phi) is 6.58. The number of halogens is 2. The fraction of sp³-hybridized carbons (Fsp3) is 0.211. The summed E-state index contributed by atoms with van der Waals surface area (Å²) in [5, 5.41) is 11.4. The zero-order valence-electron chi connectivity index (χ0n) is 15.2. The number of amides is 1. The summed E-state index contributed by atoms with van der Waals surface area (Å²) in [5.41, 5.74) is 1.43. The molecule has 0 aliphatic heterocycles. The SMILES string of the molecule is CC(Sc1nnc(Nc2ccc(F)cc2)s1)C(=O)N(C)Cc1cccc(F)c1. The molecule has 1 amide bonds. The number of thioether (sulfide) groups is 1. The summed E-state index contributed by atoms with van der Waals surface area (Å²) in [4.78, 5) is 14.1. The summed E-state index contributed by atoms with van der Waals surface area (Å²) in [5.74, 6) is -0.720. The summed E-state index contributed by atoms with van der Waals surface area (Å²) in [6.07, 6.45) is 0. The maximum absolute atomic E-state index is 13.3. The van der Waals surface area contributed by atoms with Crippen molar-refractivity contribution in [1.29, 1.82) is 0 Å². The van der Waals surface area contributed by atoms with Gasteiger partial charge in [-0.2, -0.15) is 0 Å². The van der Waals surface area contributed by atoms with E-state index in [0.717, 1.165) is 5.56 Å². The predicted molar refractivity (Wildman–Crippen MR) is 108 cm³/mol. The highest BCUT2D eigenvalue weighted by molar-refractivity contribution is 8.02. The summed E-state index contributed by atoms with van der Waals surface area (Å²) < 4.78 is 26.9. The van der Waals surface area contributed by atoms with Gasteiger partial charge in [0.15, 0.2) is 4.34 Å². The highest BCUT2D eigenvalue weighted by Crippen LogP contribution is 2.31. The van der Waals surface area contributed by atoms with Crippen LogP contribution in [0.2, 0.25) is 0 Å². The molecule has 1 N–H and O–H groups in total. The maximum atomic E-state index is 13.3. The molecule has 5 nitrogen and oxygen atoms in total. The van der Waals surface area contributed by atoms with Crippen molar-refractivity contribution in [3.8, 4) is 0 Å². The van der Waals surface area contributed by atoms with Crippen molar-refractivity contribution in [1.82, 2.24) is 15.1 Å². The van der Waals surface area contributed by atoms with Gasteiger partial charge in [0.25, 0.3) is 0 Å². The van der Waals surface area contributed by atoms with Crippen molar-refractivity contribution in [2.24, 2.45) is 0 Å². The van der Waals surface area contributed by atoms with Crippen LogP contribution in [0.25, 0.3) is 0 Å². The topological polar surface area (TPSA) is 58.1 Å². The normalized spacial score (nSPS) is 11.9. The first kappa shape index (κ1) is 20.2. The first-order chi connectivity index (χ1) is 13.4. The minimum atomic E-state index is -0.370. The molecule has 1 aromatic heterocycles. The van der Waals surface area contributed by atoms with Gasteiger partial charge in [0, 0.05) is 19.3 Å². The lowest BCUT2D eigenvalue weighted by molar-refractivity contribution is -0.129. The average Bonchev–Trinajstić information content (AvgIpc) is 3.09. The van der Waals surface area contributed by atoms with Gasteiger partial charge in [-0.3, -0.25) is 4.79 Å². The highest BCUT2D eigenvalue weighted by atomic mass is 32.2. The number of aromatic nitrogens is 2. The molecule has 146 valence electrons. The second kappa shape index (κ2) is 9.11. The average molecular weight is 421 g/mol. The molecule has 2 aromatic carbocycles. The molecule has 1 atom stereocenters. The van der Waals surface area contributed by atoms with Crippen molar-refractivity contribution in [2.75, 3.05) is 12.4 Å². The van der Waals surface area contributed by atoms with Crippen LogP contribution in [0.4, 0.5) is 19.6 Å². The largest absolute Gasteiger partial charge is 0.340 e. The summed E-state index contributed by atoms with van der Waals surface area (Å²) in [6.45, 7) is 2.12. The zero-order valence-corrected chi connectivity index (χ0v) is 16.9. The third-order valence-electron chi connectivity index (χ3n) is 3.81. The summed E-state index contributed by atoms with van der Waals surface area (Å²) in [6, 6.07) is 12.1. The molecule has 0 radical (unpaired) electrons. The van der Waals surface area contributed by atoms with Crippen LogP contribution in [0.3, 0.4) is 0 Å². The van der Waals surface area contributed by atoms with E-state index >= 15 is 0 Å². The second-order valence-corrected chi connectivity index (χ2v) is 8.65. The van der Waals surface area contributed by atoms with Gasteiger partial charge in [-0.15, -0.1) is 10.2 Å². The van der Waals surface area contributed by atoms with Crippen LogP contribution in [-0.4, -0.2) is 33.3 Å². The number of hydrogen-bond acceptors (Lipinski definition) is 6. The van der Waals surface area contributed by atoms with Gasteiger partial charge in [0.2, 0.25) is 11.0 Å². The van der Waals surface area contributed by atoms with Gasteiger partial charge >= 0.3 is 0 Å². The predicted octanol–water partition coefficient (Wildman–Crippen LogP) is 4.70. The number of hydrogen-bond donors (Lipinski definition) is 1. The van der Waals surface area contributed by atoms with Crippen molar-refractivity contribution < 1.29 is 13.6 Å². The Labute approximate surface area is 169 Å². The van der Waals surface area contributed by atoms with E-state index in [9.17, 15) is 13.6 Å². The van der Waals surface area contributed by atoms with Gasteiger partial charge in [0.1, 0.15) is 11.6 Å². The van der Waals surface area contributed by atoms with E-state index in [1.54, 1.807) is 43.1 Å². The molecule has 1 unspecified atom stereocenters. The van der Waals surface area contributed by atoms with E-state index in [2.05, 4.69) is 15.5 Å². The Balaban J connectivity index is 1.56. The van der Waals surface area contributed by atoms with E-state index in [4.69, 9.17) is 0 Å². The number of nitrogens with one attached hydrogen (secondary N) is 1. The number of carbonyl (C=O) groups is 1. The van der Waals surface area contributed by atoms with Crippen LogP contribution in [0.1, 0.15) is 12.5 Å². The monoisotopic (exact) mass is 420 g/mol. The Morgan fingerprint density at radius 1 is 1.18 bits per heavy atom. The number of rotatable bonds is 7.